The fraction of sp³-hybridized carbons (Fsp3) is 0.111. The molecule has 124 valence electrons. The largest absolute Gasteiger partial charge is 0.337 e. The number of aromatic amines is 1. The standard InChI is InChI=1S/C18H14N4O2S/c1-22(10-11-6-7-15-16(8-11)21-25-20-15)18(24)13-9-17(23)19-14-5-3-2-4-12(13)14/h2-9H,10H2,1H3,(H,19,23). The highest BCUT2D eigenvalue weighted by molar-refractivity contribution is 7.00. The summed E-state index contributed by atoms with van der Waals surface area (Å²) in [5.41, 5.74) is 3.41. The van der Waals surface area contributed by atoms with Gasteiger partial charge < -0.3 is 9.88 Å². The monoisotopic (exact) mass is 350 g/mol. The second-order valence-electron chi connectivity index (χ2n) is 5.84. The highest BCUT2D eigenvalue weighted by atomic mass is 32.1. The summed E-state index contributed by atoms with van der Waals surface area (Å²) in [6, 6.07) is 14.4. The van der Waals surface area contributed by atoms with Crippen LogP contribution in [0.2, 0.25) is 0 Å². The maximum absolute atomic E-state index is 12.9. The first-order valence-corrected chi connectivity index (χ1v) is 8.43. The molecule has 0 unspecified atom stereocenters. The molecule has 0 saturated heterocycles. The van der Waals surface area contributed by atoms with Gasteiger partial charge in [0.1, 0.15) is 11.0 Å². The average Bonchev–Trinajstić information content (AvgIpc) is 3.08. The van der Waals surface area contributed by atoms with Crippen molar-refractivity contribution in [1.82, 2.24) is 18.6 Å². The molecule has 0 aliphatic rings. The summed E-state index contributed by atoms with van der Waals surface area (Å²) in [4.78, 5) is 29.1. The zero-order valence-corrected chi connectivity index (χ0v) is 14.2. The third-order valence-electron chi connectivity index (χ3n) is 4.07. The van der Waals surface area contributed by atoms with Crippen LogP contribution >= 0.6 is 11.7 Å². The molecule has 1 N–H and O–H groups in total. The lowest BCUT2D eigenvalue weighted by Gasteiger charge is -2.18. The summed E-state index contributed by atoms with van der Waals surface area (Å²) >= 11 is 1.17. The SMILES string of the molecule is CN(Cc1ccc2nsnc2c1)C(=O)c1cc(=O)[nH]c2ccccc12. The number of hydrogen-bond acceptors (Lipinski definition) is 5. The van der Waals surface area contributed by atoms with E-state index >= 15 is 0 Å². The molecule has 4 rings (SSSR count). The number of para-hydroxylation sites is 1. The molecular weight excluding hydrogens is 336 g/mol. The van der Waals surface area contributed by atoms with Gasteiger partial charge in [-0.05, 0) is 23.8 Å². The first-order valence-electron chi connectivity index (χ1n) is 7.70. The summed E-state index contributed by atoms with van der Waals surface area (Å²) in [6.07, 6.45) is 0. The van der Waals surface area contributed by atoms with Crippen molar-refractivity contribution >= 4 is 39.6 Å². The van der Waals surface area contributed by atoms with Crippen molar-refractivity contribution in [2.24, 2.45) is 0 Å². The van der Waals surface area contributed by atoms with Gasteiger partial charge in [0.25, 0.3) is 5.91 Å². The minimum absolute atomic E-state index is 0.196. The fourth-order valence-electron chi connectivity index (χ4n) is 2.86. The molecule has 0 spiro atoms. The maximum Gasteiger partial charge on any atom is 0.254 e. The van der Waals surface area contributed by atoms with Crippen molar-refractivity contribution in [2.75, 3.05) is 7.05 Å². The van der Waals surface area contributed by atoms with E-state index in [1.807, 2.05) is 36.4 Å². The number of amides is 1. The van der Waals surface area contributed by atoms with E-state index in [4.69, 9.17) is 0 Å². The van der Waals surface area contributed by atoms with Gasteiger partial charge in [0, 0.05) is 30.6 Å². The van der Waals surface area contributed by atoms with Gasteiger partial charge in [0.05, 0.1) is 17.3 Å². The Balaban J connectivity index is 1.67. The number of rotatable bonds is 3. The summed E-state index contributed by atoms with van der Waals surface area (Å²) in [7, 11) is 1.72. The van der Waals surface area contributed by atoms with Crippen LogP contribution in [0.15, 0.2) is 53.3 Å². The van der Waals surface area contributed by atoms with Crippen molar-refractivity contribution in [3.05, 3.63) is 70.0 Å². The smallest absolute Gasteiger partial charge is 0.254 e. The minimum atomic E-state index is -0.287. The number of pyridine rings is 1. The van der Waals surface area contributed by atoms with Crippen LogP contribution in [-0.2, 0) is 6.54 Å². The van der Waals surface area contributed by atoms with Crippen LogP contribution in [0.25, 0.3) is 21.9 Å². The van der Waals surface area contributed by atoms with Crippen LogP contribution < -0.4 is 5.56 Å². The van der Waals surface area contributed by atoms with Crippen LogP contribution in [0.4, 0.5) is 0 Å². The van der Waals surface area contributed by atoms with E-state index in [0.717, 1.165) is 22.0 Å². The van der Waals surface area contributed by atoms with Gasteiger partial charge in [-0.3, -0.25) is 9.59 Å². The Kier molecular flexibility index (Phi) is 3.77. The van der Waals surface area contributed by atoms with E-state index < -0.39 is 0 Å². The number of carbonyl (C=O) groups excluding carboxylic acids is 1. The molecule has 0 saturated carbocycles. The molecule has 2 heterocycles. The molecule has 2 aromatic carbocycles. The third-order valence-corrected chi connectivity index (χ3v) is 4.62. The molecule has 0 aliphatic heterocycles. The summed E-state index contributed by atoms with van der Waals surface area (Å²) < 4.78 is 8.40. The predicted molar refractivity (Wildman–Crippen MR) is 97.8 cm³/mol. The van der Waals surface area contributed by atoms with Crippen LogP contribution in [0.3, 0.4) is 0 Å². The first-order chi connectivity index (χ1) is 12.1. The third kappa shape index (κ3) is 2.89. The van der Waals surface area contributed by atoms with Gasteiger partial charge in [0.2, 0.25) is 5.56 Å². The number of benzene rings is 2. The van der Waals surface area contributed by atoms with E-state index in [0.29, 0.717) is 17.6 Å². The quantitative estimate of drug-likeness (QED) is 0.616. The van der Waals surface area contributed by atoms with E-state index in [2.05, 4.69) is 13.7 Å². The average molecular weight is 350 g/mol. The van der Waals surface area contributed by atoms with Crippen LogP contribution in [0.1, 0.15) is 15.9 Å². The molecule has 6 nitrogen and oxygen atoms in total. The Morgan fingerprint density at radius 1 is 1.12 bits per heavy atom. The van der Waals surface area contributed by atoms with Crippen LogP contribution in [0, 0.1) is 0 Å². The summed E-state index contributed by atoms with van der Waals surface area (Å²) in [6.45, 7) is 0.424. The Labute approximate surface area is 147 Å². The fourth-order valence-corrected chi connectivity index (χ4v) is 3.38. The Hall–Kier alpha value is -3.06. The van der Waals surface area contributed by atoms with Gasteiger partial charge in [-0.1, -0.05) is 24.3 Å². The van der Waals surface area contributed by atoms with Crippen molar-refractivity contribution in [1.29, 1.82) is 0 Å². The topological polar surface area (TPSA) is 79.0 Å². The van der Waals surface area contributed by atoms with Crippen molar-refractivity contribution in [3.63, 3.8) is 0 Å². The van der Waals surface area contributed by atoms with Gasteiger partial charge >= 0.3 is 0 Å². The molecule has 0 radical (unpaired) electrons. The zero-order chi connectivity index (χ0) is 17.4. The van der Waals surface area contributed by atoms with Crippen molar-refractivity contribution in [3.8, 4) is 0 Å². The number of fused-ring (bicyclic) bond motifs is 2. The molecule has 7 heteroatoms. The molecule has 2 aromatic heterocycles. The Morgan fingerprint density at radius 3 is 2.80 bits per heavy atom. The van der Waals surface area contributed by atoms with E-state index in [1.165, 1.54) is 17.8 Å². The molecule has 0 atom stereocenters. The molecule has 0 fully saturated rings. The highest BCUT2D eigenvalue weighted by Gasteiger charge is 2.16. The molecular formula is C18H14N4O2S. The number of H-pyrrole nitrogens is 1. The molecule has 4 aromatic rings. The molecule has 0 aliphatic carbocycles. The minimum Gasteiger partial charge on any atom is -0.337 e. The number of nitrogens with zero attached hydrogens (tertiary/aromatic N) is 3. The number of nitrogens with one attached hydrogen (secondary N) is 1. The predicted octanol–water partition coefficient (Wildman–Crippen LogP) is 2.81. The lowest BCUT2D eigenvalue weighted by molar-refractivity contribution is 0.0787. The number of carbonyl (C=O) groups is 1. The lowest BCUT2D eigenvalue weighted by atomic mass is 10.1. The maximum atomic E-state index is 12.9. The van der Waals surface area contributed by atoms with Gasteiger partial charge in [-0.25, -0.2) is 0 Å². The Bertz CT molecular complexity index is 1150. The van der Waals surface area contributed by atoms with Crippen molar-refractivity contribution in [2.45, 2.75) is 6.54 Å². The van der Waals surface area contributed by atoms with Crippen LogP contribution in [0.5, 0.6) is 0 Å². The molecule has 0 bridgehead atoms. The number of hydrogen-bond donors (Lipinski definition) is 1. The second-order valence-corrected chi connectivity index (χ2v) is 6.37. The normalized spacial score (nSPS) is 11.1. The lowest BCUT2D eigenvalue weighted by Crippen LogP contribution is -2.27. The molecule has 1 amide bonds. The Morgan fingerprint density at radius 2 is 1.92 bits per heavy atom. The first kappa shape index (κ1) is 15.5. The van der Waals surface area contributed by atoms with E-state index in [-0.39, 0.29) is 11.5 Å². The summed E-state index contributed by atoms with van der Waals surface area (Å²) in [5.74, 6) is -0.196. The van der Waals surface area contributed by atoms with Crippen LogP contribution in [-0.4, -0.2) is 31.6 Å². The summed E-state index contributed by atoms with van der Waals surface area (Å²) in [5, 5.41) is 0.734. The number of aromatic nitrogens is 3. The van der Waals surface area contributed by atoms with Gasteiger partial charge in [-0.2, -0.15) is 8.75 Å². The molecule has 25 heavy (non-hydrogen) atoms. The van der Waals surface area contributed by atoms with Gasteiger partial charge in [-0.15, -0.1) is 0 Å². The highest BCUT2D eigenvalue weighted by Crippen LogP contribution is 2.18. The zero-order valence-electron chi connectivity index (χ0n) is 13.4. The van der Waals surface area contributed by atoms with E-state index in [1.54, 1.807) is 18.0 Å². The van der Waals surface area contributed by atoms with E-state index in [9.17, 15) is 9.59 Å². The van der Waals surface area contributed by atoms with Gasteiger partial charge in [0.15, 0.2) is 0 Å². The second kappa shape index (κ2) is 6.10. The van der Waals surface area contributed by atoms with Crippen molar-refractivity contribution < 1.29 is 4.79 Å².